The number of ether oxygens (including phenoxy) is 6. The van der Waals surface area contributed by atoms with Gasteiger partial charge in [0.2, 0.25) is 0 Å². The van der Waals surface area contributed by atoms with E-state index < -0.39 is 11.7 Å². The molecule has 0 aliphatic carbocycles. The zero-order valence-corrected chi connectivity index (χ0v) is 30.0. The van der Waals surface area contributed by atoms with Crippen LogP contribution in [0.15, 0.2) is 72.8 Å². The highest BCUT2D eigenvalue weighted by atomic mass is 16.6. The zero-order chi connectivity index (χ0) is 35.4. The molecule has 0 N–H and O–H groups in total. The van der Waals surface area contributed by atoms with E-state index in [0.717, 1.165) is 5.56 Å². The van der Waals surface area contributed by atoms with Crippen LogP contribution in [0, 0.1) is 5.92 Å². The van der Waals surface area contributed by atoms with Crippen molar-refractivity contribution in [3.8, 4) is 23.0 Å². The van der Waals surface area contributed by atoms with Gasteiger partial charge in [-0.05, 0) is 76.9 Å². The topological polar surface area (TPSA) is 96.0 Å². The molecule has 1 fully saturated rings. The molecule has 49 heavy (non-hydrogen) atoms. The van der Waals surface area contributed by atoms with Gasteiger partial charge in [0, 0.05) is 50.8 Å². The van der Waals surface area contributed by atoms with Gasteiger partial charge in [0.1, 0.15) is 12.2 Å². The van der Waals surface area contributed by atoms with Crippen molar-refractivity contribution in [2.75, 3.05) is 47.1 Å². The maximum Gasteiger partial charge on any atom is 0.410 e. The Hall–Kier alpha value is -4.44. The molecule has 1 aliphatic heterocycles. The first-order chi connectivity index (χ1) is 23.5. The van der Waals surface area contributed by atoms with Crippen molar-refractivity contribution >= 4 is 12.0 Å². The van der Waals surface area contributed by atoms with Crippen molar-refractivity contribution in [3.63, 3.8) is 0 Å². The molecule has 3 aromatic carbocycles. The first-order valence-electron chi connectivity index (χ1n) is 17.0. The minimum Gasteiger partial charge on any atom is -0.493 e. The fourth-order valence-corrected chi connectivity index (χ4v) is 5.88. The molecule has 2 atom stereocenters. The largest absolute Gasteiger partial charge is 0.493 e. The second-order valence-electron chi connectivity index (χ2n) is 13.5. The summed E-state index contributed by atoms with van der Waals surface area (Å²) < 4.78 is 34.9. The molecule has 0 aromatic heterocycles. The Kier molecular flexibility index (Phi) is 13.6. The monoisotopic (exact) mass is 676 g/mol. The average Bonchev–Trinajstić information content (AvgIpc) is 3.08. The Morgan fingerprint density at radius 3 is 2.18 bits per heavy atom. The lowest BCUT2D eigenvalue weighted by Crippen LogP contribution is -2.57. The first-order valence-corrected chi connectivity index (χ1v) is 17.0. The molecular weight excluding hydrogens is 624 g/mol. The van der Waals surface area contributed by atoms with Crippen LogP contribution in [0.4, 0.5) is 4.79 Å². The third kappa shape index (κ3) is 11.0. The minimum absolute atomic E-state index is 0.0851. The maximum atomic E-state index is 14.3. The summed E-state index contributed by atoms with van der Waals surface area (Å²) >= 11 is 0. The van der Waals surface area contributed by atoms with E-state index in [-0.39, 0.29) is 23.9 Å². The summed E-state index contributed by atoms with van der Waals surface area (Å²) in [4.78, 5) is 31.3. The molecule has 0 saturated carbocycles. The molecule has 1 saturated heterocycles. The fraction of sp³-hybridized carbons (Fsp3) is 0.487. The Morgan fingerprint density at radius 2 is 1.53 bits per heavy atom. The number of carbonyl (C=O) groups is 2. The van der Waals surface area contributed by atoms with E-state index in [4.69, 9.17) is 28.4 Å². The van der Waals surface area contributed by atoms with Crippen LogP contribution in [0.5, 0.6) is 23.0 Å². The third-order valence-corrected chi connectivity index (χ3v) is 8.07. The van der Waals surface area contributed by atoms with Gasteiger partial charge in [-0.15, -0.1) is 0 Å². The number of nitrogens with zero attached hydrogens (tertiary/aromatic N) is 2. The molecule has 2 amide bonds. The Labute approximate surface area is 291 Å². The van der Waals surface area contributed by atoms with Crippen molar-refractivity contribution in [1.29, 1.82) is 0 Å². The highest BCUT2D eigenvalue weighted by Gasteiger charge is 2.38. The molecule has 4 rings (SSSR count). The van der Waals surface area contributed by atoms with Gasteiger partial charge < -0.3 is 38.2 Å². The van der Waals surface area contributed by atoms with E-state index >= 15 is 0 Å². The lowest BCUT2D eigenvalue weighted by molar-refractivity contribution is -0.00564. The van der Waals surface area contributed by atoms with Crippen molar-refractivity contribution in [2.45, 2.75) is 71.8 Å². The second-order valence-corrected chi connectivity index (χ2v) is 13.5. The van der Waals surface area contributed by atoms with Gasteiger partial charge in [0.05, 0.1) is 26.4 Å². The molecule has 10 heteroatoms. The number of benzene rings is 3. The quantitative estimate of drug-likeness (QED) is 0.156. The van der Waals surface area contributed by atoms with Crippen LogP contribution in [-0.2, 0) is 16.1 Å². The fourth-order valence-electron chi connectivity index (χ4n) is 5.88. The van der Waals surface area contributed by atoms with E-state index in [9.17, 15) is 9.59 Å². The van der Waals surface area contributed by atoms with Crippen molar-refractivity contribution in [1.82, 2.24) is 9.80 Å². The smallest absolute Gasteiger partial charge is 0.410 e. The standard InChI is InChI=1S/C39H52N2O8/c1-28(2)41(37(42)31-18-19-33(45-7)36(23-31)46-21-13-20-44-6)32-22-30(24-40(25-32)38(43)49-39(3,4)5)27-48-35-17-12-11-16-34(35)47-26-29-14-9-8-10-15-29/h8-12,14-19,23,28,30,32H,13,20-22,24-27H2,1-7H3. The molecule has 1 aliphatic rings. The average molecular weight is 677 g/mol. The molecular formula is C39H52N2O8. The molecule has 0 radical (unpaired) electrons. The number of amides is 2. The molecule has 0 bridgehead atoms. The highest BCUT2D eigenvalue weighted by Crippen LogP contribution is 2.33. The van der Waals surface area contributed by atoms with Gasteiger partial charge in [-0.1, -0.05) is 42.5 Å². The van der Waals surface area contributed by atoms with Gasteiger partial charge in [0.25, 0.3) is 5.91 Å². The number of rotatable bonds is 15. The van der Waals surface area contributed by atoms with Crippen LogP contribution in [0.1, 0.15) is 63.4 Å². The third-order valence-electron chi connectivity index (χ3n) is 8.07. The van der Waals surface area contributed by atoms with E-state index in [1.54, 1.807) is 37.3 Å². The number of piperidine rings is 1. The number of hydrogen-bond acceptors (Lipinski definition) is 8. The Balaban J connectivity index is 1.55. The SMILES string of the molecule is COCCCOc1cc(C(=O)N(C(C)C)C2CC(COc3ccccc3OCc3ccccc3)CN(C(=O)OC(C)(C)C)C2)ccc1OC. The van der Waals surface area contributed by atoms with Crippen LogP contribution in [0.3, 0.4) is 0 Å². The van der Waals surface area contributed by atoms with Crippen LogP contribution in [0.25, 0.3) is 0 Å². The predicted octanol–water partition coefficient (Wildman–Crippen LogP) is 7.24. The van der Waals surface area contributed by atoms with Crippen molar-refractivity contribution < 1.29 is 38.0 Å². The summed E-state index contributed by atoms with van der Waals surface area (Å²) in [7, 11) is 3.22. The zero-order valence-electron chi connectivity index (χ0n) is 30.0. The van der Waals surface area contributed by atoms with Crippen LogP contribution in [0.2, 0.25) is 0 Å². The lowest BCUT2D eigenvalue weighted by Gasteiger charge is -2.44. The number of methoxy groups -OCH3 is 2. The summed E-state index contributed by atoms with van der Waals surface area (Å²) in [6.07, 6.45) is 0.916. The summed E-state index contributed by atoms with van der Waals surface area (Å²) in [5.74, 6) is 2.06. The number of likely N-dealkylation sites (tertiary alicyclic amines) is 1. The summed E-state index contributed by atoms with van der Waals surface area (Å²) in [6, 6.07) is 22.3. The molecule has 0 spiro atoms. The van der Waals surface area contributed by atoms with Gasteiger partial charge in [-0.3, -0.25) is 4.79 Å². The second kappa shape index (κ2) is 17.8. The van der Waals surface area contributed by atoms with E-state index in [1.807, 2.05) is 94.1 Å². The van der Waals surface area contributed by atoms with Gasteiger partial charge in [0.15, 0.2) is 23.0 Å². The van der Waals surface area contributed by atoms with Gasteiger partial charge >= 0.3 is 6.09 Å². The Morgan fingerprint density at radius 1 is 0.837 bits per heavy atom. The van der Waals surface area contributed by atoms with Crippen LogP contribution in [-0.4, -0.2) is 86.6 Å². The minimum atomic E-state index is -0.665. The predicted molar refractivity (Wildman–Crippen MR) is 189 cm³/mol. The first kappa shape index (κ1) is 37.4. The van der Waals surface area contributed by atoms with Crippen molar-refractivity contribution in [2.24, 2.45) is 5.92 Å². The maximum absolute atomic E-state index is 14.3. The molecule has 3 aromatic rings. The van der Waals surface area contributed by atoms with Gasteiger partial charge in [-0.25, -0.2) is 4.79 Å². The van der Waals surface area contributed by atoms with E-state index in [2.05, 4.69) is 0 Å². The van der Waals surface area contributed by atoms with Crippen LogP contribution < -0.4 is 18.9 Å². The van der Waals surface area contributed by atoms with Crippen molar-refractivity contribution in [3.05, 3.63) is 83.9 Å². The summed E-state index contributed by atoms with van der Waals surface area (Å²) in [5.41, 5.74) is 0.866. The van der Waals surface area contributed by atoms with E-state index in [0.29, 0.717) is 80.9 Å². The Bertz CT molecular complexity index is 1490. The lowest BCUT2D eigenvalue weighted by atomic mass is 9.92. The number of para-hydroxylation sites is 2. The molecule has 266 valence electrons. The molecule has 1 heterocycles. The number of carbonyl (C=O) groups excluding carboxylic acids is 2. The van der Waals surface area contributed by atoms with Gasteiger partial charge in [-0.2, -0.15) is 0 Å². The molecule has 10 nitrogen and oxygen atoms in total. The number of hydrogen-bond donors (Lipinski definition) is 0. The highest BCUT2D eigenvalue weighted by molar-refractivity contribution is 5.95. The van der Waals surface area contributed by atoms with E-state index in [1.165, 1.54) is 0 Å². The van der Waals surface area contributed by atoms with Crippen LogP contribution >= 0.6 is 0 Å². The normalized spacial score (nSPS) is 16.2. The summed E-state index contributed by atoms with van der Waals surface area (Å²) in [5, 5.41) is 0. The molecule has 2 unspecified atom stereocenters. The summed E-state index contributed by atoms with van der Waals surface area (Å²) in [6.45, 7) is 12.0.